The van der Waals surface area contributed by atoms with E-state index in [4.69, 9.17) is 0 Å². The SMILES string of the molecule is C=CCn1c(=NC(=O)c2ccccc2[N+](=O)[O-])sc2ccccc21. The Kier molecular flexibility index (Phi) is 4.35. The molecular formula is C17H13N3O3S. The molecule has 7 heteroatoms. The maximum absolute atomic E-state index is 12.5. The number of para-hydroxylation sites is 2. The average molecular weight is 339 g/mol. The molecule has 3 rings (SSSR count). The molecule has 2 aromatic carbocycles. The first-order valence-corrected chi connectivity index (χ1v) is 7.95. The smallest absolute Gasteiger partial charge is 0.286 e. The lowest BCUT2D eigenvalue weighted by molar-refractivity contribution is -0.385. The van der Waals surface area contributed by atoms with Gasteiger partial charge < -0.3 is 4.57 Å². The summed E-state index contributed by atoms with van der Waals surface area (Å²) in [6, 6.07) is 13.5. The van der Waals surface area contributed by atoms with Gasteiger partial charge in [0.25, 0.3) is 11.6 Å². The topological polar surface area (TPSA) is 77.5 Å². The molecule has 6 nitrogen and oxygen atoms in total. The molecule has 0 aliphatic heterocycles. The number of carbonyl (C=O) groups is 1. The summed E-state index contributed by atoms with van der Waals surface area (Å²) < 4.78 is 2.84. The molecule has 0 aliphatic carbocycles. The fraction of sp³-hybridized carbons (Fsp3) is 0.0588. The van der Waals surface area contributed by atoms with E-state index < -0.39 is 10.8 Å². The van der Waals surface area contributed by atoms with E-state index in [2.05, 4.69) is 11.6 Å². The first-order valence-electron chi connectivity index (χ1n) is 7.13. The first kappa shape index (κ1) is 15.8. The molecule has 0 bridgehead atoms. The van der Waals surface area contributed by atoms with Crippen molar-refractivity contribution in [3.05, 3.63) is 81.7 Å². The van der Waals surface area contributed by atoms with E-state index >= 15 is 0 Å². The Balaban J connectivity index is 2.17. The van der Waals surface area contributed by atoms with Gasteiger partial charge in [0.2, 0.25) is 0 Å². The molecule has 1 amide bonds. The Morgan fingerprint density at radius 1 is 1.25 bits per heavy atom. The summed E-state index contributed by atoms with van der Waals surface area (Å²) in [7, 11) is 0. The Morgan fingerprint density at radius 2 is 1.96 bits per heavy atom. The van der Waals surface area contributed by atoms with E-state index in [1.54, 1.807) is 12.1 Å². The highest BCUT2D eigenvalue weighted by Crippen LogP contribution is 2.20. The normalized spacial score (nSPS) is 11.6. The van der Waals surface area contributed by atoms with Crippen molar-refractivity contribution in [2.24, 2.45) is 4.99 Å². The number of hydrogen-bond acceptors (Lipinski definition) is 4. The van der Waals surface area contributed by atoms with Gasteiger partial charge in [-0.05, 0) is 18.2 Å². The number of nitro groups is 1. The zero-order chi connectivity index (χ0) is 17.1. The lowest BCUT2D eigenvalue weighted by Crippen LogP contribution is -2.16. The van der Waals surface area contributed by atoms with E-state index in [1.165, 1.54) is 29.5 Å². The van der Waals surface area contributed by atoms with Gasteiger partial charge in [-0.1, -0.05) is 41.7 Å². The summed E-state index contributed by atoms with van der Waals surface area (Å²) >= 11 is 1.36. The van der Waals surface area contributed by atoms with Gasteiger partial charge >= 0.3 is 0 Å². The predicted octanol–water partition coefficient (Wildman–Crippen LogP) is 3.54. The van der Waals surface area contributed by atoms with Gasteiger partial charge in [-0.25, -0.2) is 0 Å². The van der Waals surface area contributed by atoms with Crippen LogP contribution < -0.4 is 4.80 Å². The second-order valence-electron chi connectivity index (χ2n) is 4.94. The number of nitrogens with zero attached hydrogens (tertiary/aromatic N) is 3. The molecule has 3 aromatic rings. The highest BCUT2D eigenvalue weighted by Gasteiger charge is 2.19. The number of fused-ring (bicyclic) bond motifs is 1. The molecule has 24 heavy (non-hydrogen) atoms. The summed E-state index contributed by atoms with van der Waals surface area (Å²) in [4.78, 5) is 27.6. The highest BCUT2D eigenvalue weighted by molar-refractivity contribution is 7.16. The summed E-state index contributed by atoms with van der Waals surface area (Å²) in [6.07, 6.45) is 1.72. The molecule has 0 saturated carbocycles. The predicted molar refractivity (Wildman–Crippen MR) is 93.0 cm³/mol. The highest BCUT2D eigenvalue weighted by atomic mass is 32.1. The van der Waals surface area contributed by atoms with Crippen LogP contribution in [-0.4, -0.2) is 15.4 Å². The summed E-state index contributed by atoms with van der Waals surface area (Å²) in [6.45, 7) is 4.22. The maximum Gasteiger partial charge on any atom is 0.286 e. The molecule has 0 atom stereocenters. The van der Waals surface area contributed by atoms with Crippen LogP contribution in [0.15, 0.2) is 66.2 Å². The van der Waals surface area contributed by atoms with E-state index in [9.17, 15) is 14.9 Å². The summed E-state index contributed by atoms with van der Waals surface area (Å²) in [5.41, 5.74) is 0.671. The van der Waals surface area contributed by atoms with Gasteiger partial charge in [-0.15, -0.1) is 6.58 Å². The lowest BCUT2D eigenvalue weighted by atomic mass is 10.2. The zero-order valence-corrected chi connectivity index (χ0v) is 13.4. The minimum Gasteiger partial charge on any atom is -0.312 e. The molecule has 1 aromatic heterocycles. The summed E-state index contributed by atoms with van der Waals surface area (Å²) in [5.74, 6) is -0.633. The van der Waals surface area contributed by atoms with Crippen LogP contribution in [0.25, 0.3) is 10.2 Å². The molecule has 0 aliphatic rings. The monoisotopic (exact) mass is 339 g/mol. The van der Waals surface area contributed by atoms with Crippen molar-refractivity contribution in [3.8, 4) is 0 Å². The molecule has 0 N–H and O–H groups in total. The lowest BCUT2D eigenvalue weighted by Gasteiger charge is -2.01. The van der Waals surface area contributed by atoms with Gasteiger partial charge in [-0.2, -0.15) is 4.99 Å². The fourth-order valence-corrected chi connectivity index (χ4v) is 3.41. The Morgan fingerprint density at radius 3 is 2.71 bits per heavy atom. The first-order chi connectivity index (χ1) is 11.6. The molecule has 0 unspecified atom stereocenters. The number of carbonyl (C=O) groups excluding carboxylic acids is 1. The second-order valence-corrected chi connectivity index (χ2v) is 5.95. The molecule has 120 valence electrons. The van der Waals surface area contributed by atoms with E-state index in [-0.39, 0.29) is 11.3 Å². The second kappa shape index (κ2) is 6.59. The maximum atomic E-state index is 12.5. The third-order valence-corrected chi connectivity index (χ3v) is 4.49. The Hall–Kier alpha value is -3.06. The number of hydrogen-bond donors (Lipinski definition) is 0. The van der Waals surface area contributed by atoms with Crippen LogP contribution in [0.4, 0.5) is 5.69 Å². The van der Waals surface area contributed by atoms with Crippen LogP contribution >= 0.6 is 11.3 Å². The van der Waals surface area contributed by atoms with Crippen molar-refractivity contribution in [3.63, 3.8) is 0 Å². The number of amides is 1. The van der Waals surface area contributed by atoms with Crippen molar-refractivity contribution in [1.82, 2.24) is 4.57 Å². The largest absolute Gasteiger partial charge is 0.312 e. The molecule has 0 fully saturated rings. The molecule has 1 heterocycles. The standard InChI is InChI=1S/C17H13N3O3S/c1-2-11-19-14-9-5-6-10-15(14)24-17(19)18-16(21)12-7-3-4-8-13(12)20(22)23/h2-10H,1,11H2. The van der Waals surface area contributed by atoms with Gasteiger partial charge in [0.15, 0.2) is 4.80 Å². The van der Waals surface area contributed by atoms with Crippen molar-refractivity contribution >= 4 is 33.1 Å². The van der Waals surface area contributed by atoms with E-state index in [1.807, 2.05) is 28.8 Å². The van der Waals surface area contributed by atoms with Gasteiger partial charge in [0.1, 0.15) is 5.56 Å². The van der Waals surface area contributed by atoms with Crippen LogP contribution in [-0.2, 0) is 6.54 Å². The number of benzene rings is 2. The van der Waals surface area contributed by atoms with Crippen LogP contribution in [0, 0.1) is 10.1 Å². The number of aromatic nitrogens is 1. The van der Waals surface area contributed by atoms with Crippen molar-refractivity contribution < 1.29 is 9.72 Å². The third-order valence-electron chi connectivity index (χ3n) is 3.43. The van der Waals surface area contributed by atoms with E-state index in [0.717, 1.165) is 10.2 Å². The van der Waals surface area contributed by atoms with Gasteiger partial charge in [0.05, 0.1) is 15.1 Å². The minimum atomic E-state index is -0.633. The number of rotatable bonds is 4. The molecule has 0 saturated heterocycles. The van der Waals surface area contributed by atoms with Crippen LogP contribution in [0.5, 0.6) is 0 Å². The number of nitro benzene ring substituents is 1. The number of thiazole rings is 1. The Labute approximate surface area is 141 Å². The third kappa shape index (κ3) is 2.89. The van der Waals surface area contributed by atoms with Crippen LogP contribution in [0.1, 0.15) is 10.4 Å². The van der Waals surface area contributed by atoms with E-state index in [0.29, 0.717) is 11.3 Å². The average Bonchev–Trinajstić information content (AvgIpc) is 2.93. The van der Waals surface area contributed by atoms with Crippen molar-refractivity contribution in [2.75, 3.05) is 0 Å². The quantitative estimate of drug-likeness (QED) is 0.414. The van der Waals surface area contributed by atoms with Crippen LogP contribution in [0.2, 0.25) is 0 Å². The van der Waals surface area contributed by atoms with Crippen molar-refractivity contribution in [2.45, 2.75) is 6.54 Å². The van der Waals surface area contributed by atoms with Crippen LogP contribution in [0.3, 0.4) is 0 Å². The zero-order valence-electron chi connectivity index (χ0n) is 12.6. The number of allylic oxidation sites excluding steroid dienone is 1. The minimum absolute atomic E-state index is 0.0230. The molecule has 0 radical (unpaired) electrons. The Bertz CT molecular complexity index is 1020. The molecule has 0 spiro atoms. The molecular weight excluding hydrogens is 326 g/mol. The fourth-order valence-electron chi connectivity index (χ4n) is 2.37. The van der Waals surface area contributed by atoms with Gasteiger partial charge in [0, 0.05) is 12.6 Å². The summed E-state index contributed by atoms with van der Waals surface area (Å²) in [5, 5.41) is 11.1. The van der Waals surface area contributed by atoms with Crippen molar-refractivity contribution in [1.29, 1.82) is 0 Å². The van der Waals surface area contributed by atoms with Gasteiger partial charge in [-0.3, -0.25) is 14.9 Å².